The highest BCUT2D eigenvalue weighted by molar-refractivity contribution is 5.98. The van der Waals surface area contributed by atoms with Gasteiger partial charge in [-0.05, 0) is 49.9 Å². The second-order valence-electron chi connectivity index (χ2n) is 6.03. The molecule has 2 heterocycles. The molecule has 0 aliphatic carbocycles. The Kier molecular flexibility index (Phi) is 3.61. The van der Waals surface area contributed by atoms with Gasteiger partial charge in [-0.15, -0.1) is 0 Å². The summed E-state index contributed by atoms with van der Waals surface area (Å²) in [6.07, 6.45) is 0.839. The minimum atomic E-state index is -0.0964. The summed E-state index contributed by atoms with van der Waals surface area (Å²) in [5.74, 6) is 0.0266. The molecule has 0 bridgehead atoms. The highest BCUT2D eigenvalue weighted by atomic mass is 16.2. The van der Waals surface area contributed by atoms with E-state index in [0.29, 0.717) is 18.7 Å². The van der Waals surface area contributed by atoms with Crippen LogP contribution in [0.5, 0.6) is 0 Å². The van der Waals surface area contributed by atoms with Crippen molar-refractivity contribution < 1.29 is 4.79 Å². The first-order valence-corrected chi connectivity index (χ1v) is 7.54. The molecule has 0 fully saturated rings. The smallest absolute Gasteiger partial charge is 0.254 e. The highest BCUT2D eigenvalue weighted by Gasteiger charge is 2.26. The number of fused-ring (bicyclic) bond motifs is 1. The molecule has 114 valence electrons. The molecule has 1 aromatic heterocycles. The first kappa shape index (κ1) is 14.6. The van der Waals surface area contributed by atoms with Gasteiger partial charge in [0.15, 0.2) is 0 Å². The molecule has 1 amide bonds. The summed E-state index contributed by atoms with van der Waals surface area (Å²) in [6.45, 7) is 6.77. The number of H-pyrrole nitrogens is 1. The zero-order valence-corrected chi connectivity index (χ0v) is 13.2. The number of aromatic nitrogens is 1. The minimum Gasteiger partial charge on any atom is -0.334 e. The molecule has 3 rings (SSSR count). The molecule has 0 saturated carbocycles. The van der Waals surface area contributed by atoms with Gasteiger partial charge in [0.05, 0.1) is 6.54 Å². The average Bonchev–Trinajstić information content (AvgIpc) is 2.45. The molecule has 0 unspecified atom stereocenters. The molecule has 1 aliphatic rings. The number of benzene rings is 1. The van der Waals surface area contributed by atoms with E-state index in [1.54, 1.807) is 4.90 Å². The van der Waals surface area contributed by atoms with E-state index >= 15 is 0 Å². The Morgan fingerprint density at radius 3 is 2.64 bits per heavy atom. The van der Waals surface area contributed by atoms with Gasteiger partial charge >= 0.3 is 0 Å². The summed E-state index contributed by atoms with van der Waals surface area (Å²) >= 11 is 0. The predicted molar refractivity (Wildman–Crippen MR) is 86.2 cm³/mol. The Morgan fingerprint density at radius 2 is 1.91 bits per heavy atom. The summed E-state index contributed by atoms with van der Waals surface area (Å²) in [5, 5.41) is 0. The van der Waals surface area contributed by atoms with Gasteiger partial charge in [0.1, 0.15) is 0 Å². The SMILES string of the molecule is Cc1cc(C)c(CN2CCc3cccc(C)c3C2=O)c(=O)[nH]1. The first-order valence-electron chi connectivity index (χ1n) is 7.54. The zero-order valence-electron chi connectivity index (χ0n) is 13.2. The second kappa shape index (κ2) is 5.44. The molecule has 22 heavy (non-hydrogen) atoms. The fourth-order valence-electron chi connectivity index (χ4n) is 3.18. The standard InChI is InChI=1S/C18H20N2O2/c1-11-5-4-6-14-7-8-20(18(22)16(11)14)10-15-12(2)9-13(3)19-17(15)21/h4-6,9H,7-8,10H2,1-3H3,(H,19,21). The van der Waals surface area contributed by atoms with E-state index in [1.807, 2.05) is 45.0 Å². The van der Waals surface area contributed by atoms with E-state index < -0.39 is 0 Å². The number of carbonyl (C=O) groups excluding carboxylic acids is 1. The third-order valence-corrected chi connectivity index (χ3v) is 4.35. The topological polar surface area (TPSA) is 53.2 Å². The monoisotopic (exact) mass is 296 g/mol. The van der Waals surface area contributed by atoms with Crippen LogP contribution in [-0.4, -0.2) is 22.3 Å². The lowest BCUT2D eigenvalue weighted by Crippen LogP contribution is -2.39. The maximum Gasteiger partial charge on any atom is 0.254 e. The fourth-order valence-corrected chi connectivity index (χ4v) is 3.18. The lowest BCUT2D eigenvalue weighted by atomic mass is 9.94. The van der Waals surface area contributed by atoms with Crippen molar-refractivity contribution in [3.8, 4) is 0 Å². The van der Waals surface area contributed by atoms with Gasteiger partial charge < -0.3 is 9.88 Å². The normalized spacial score (nSPS) is 14.1. The minimum absolute atomic E-state index is 0.0266. The van der Waals surface area contributed by atoms with E-state index in [9.17, 15) is 9.59 Å². The van der Waals surface area contributed by atoms with Crippen molar-refractivity contribution in [3.05, 3.63) is 68.1 Å². The van der Waals surface area contributed by atoms with Gasteiger partial charge in [0, 0.05) is 23.4 Å². The summed E-state index contributed by atoms with van der Waals surface area (Å²) in [7, 11) is 0. The molecule has 0 atom stereocenters. The Hall–Kier alpha value is -2.36. The fraction of sp³-hybridized carbons (Fsp3) is 0.333. The van der Waals surface area contributed by atoms with E-state index in [1.165, 1.54) is 0 Å². The van der Waals surface area contributed by atoms with Crippen LogP contribution in [0.15, 0.2) is 29.1 Å². The number of amides is 1. The number of nitrogens with zero attached hydrogens (tertiary/aromatic N) is 1. The summed E-state index contributed by atoms with van der Waals surface area (Å²) in [4.78, 5) is 29.5. The molecular weight excluding hydrogens is 276 g/mol. The summed E-state index contributed by atoms with van der Waals surface area (Å²) in [6, 6.07) is 7.92. The van der Waals surface area contributed by atoms with Crippen molar-refractivity contribution >= 4 is 5.91 Å². The molecule has 1 N–H and O–H groups in total. The van der Waals surface area contributed by atoms with Crippen LogP contribution in [0.1, 0.15) is 38.3 Å². The number of pyridine rings is 1. The number of aryl methyl sites for hydroxylation is 3. The van der Waals surface area contributed by atoms with Crippen molar-refractivity contribution in [1.82, 2.24) is 9.88 Å². The van der Waals surface area contributed by atoms with Crippen LogP contribution < -0.4 is 5.56 Å². The Bertz CT molecular complexity index is 805. The molecule has 1 aromatic carbocycles. The van der Waals surface area contributed by atoms with Gasteiger partial charge in [-0.25, -0.2) is 0 Å². The van der Waals surface area contributed by atoms with Crippen LogP contribution in [0.4, 0.5) is 0 Å². The molecule has 4 nitrogen and oxygen atoms in total. The number of carbonyl (C=O) groups is 1. The summed E-state index contributed by atoms with van der Waals surface area (Å²) < 4.78 is 0. The maximum atomic E-state index is 12.7. The largest absolute Gasteiger partial charge is 0.334 e. The lowest BCUT2D eigenvalue weighted by molar-refractivity contribution is 0.0725. The second-order valence-corrected chi connectivity index (χ2v) is 6.03. The van der Waals surface area contributed by atoms with Gasteiger partial charge in [-0.2, -0.15) is 0 Å². The Labute approximate surface area is 129 Å². The molecule has 4 heteroatoms. The third kappa shape index (κ3) is 2.45. The van der Waals surface area contributed by atoms with Crippen LogP contribution in [0, 0.1) is 20.8 Å². The van der Waals surface area contributed by atoms with E-state index in [0.717, 1.165) is 34.4 Å². The number of rotatable bonds is 2. The van der Waals surface area contributed by atoms with Crippen molar-refractivity contribution in [2.45, 2.75) is 33.7 Å². The summed E-state index contributed by atoms with van der Waals surface area (Å²) in [5.41, 5.74) is 5.27. The van der Waals surface area contributed by atoms with Crippen LogP contribution in [-0.2, 0) is 13.0 Å². The van der Waals surface area contributed by atoms with Gasteiger partial charge in [0.2, 0.25) is 0 Å². The first-order chi connectivity index (χ1) is 10.5. The predicted octanol–water partition coefficient (Wildman–Crippen LogP) is 2.50. The number of nitrogens with one attached hydrogen (secondary N) is 1. The molecule has 0 radical (unpaired) electrons. The Morgan fingerprint density at radius 1 is 1.14 bits per heavy atom. The lowest BCUT2D eigenvalue weighted by Gasteiger charge is -2.29. The van der Waals surface area contributed by atoms with Crippen molar-refractivity contribution in [1.29, 1.82) is 0 Å². The van der Waals surface area contributed by atoms with Crippen LogP contribution >= 0.6 is 0 Å². The van der Waals surface area contributed by atoms with Gasteiger partial charge in [-0.1, -0.05) is 18.2 Å². The maximum absolute atomic E-state index is 12.7. The molecule has 0 saturated heterocycles. The van der Waals surface area contributed by atoms with Crippen molar-refractivity contribution in [2.75, 3.05) is 6.54 Å². The quantitative estimate of drug-likeness (QED) is 0.925. The van der Waals surface area contributed by atoms with Crippen molar-refractivity contribution in [3.63, 3.8) is 0 Å². The number of hydrogen-bond donors (Lipinski definition) is 1. The highest BCUT2D eigenvalue weighted by Crippen LogP contribution is 2.23. The zero-order chi connectivity index (χ0) is 15.9. The van der Waals surface area contributed by atoms with Crippen LogP contribution in [0.25, 0.3) is 0 Å². The average molecular weight is 296 g/mol. The third-order valence-electron chi connectivity index (χ3n) is 4.35. The van der Waals surface area contributed by atoms with Crippen LogP contribution in [0.2, 0.25) is 0 Å². The molecule has 0 spiro atoms. The van der Waals surface area contributed by atoms with Crippen molar-refractivity contribution in [2.24, 2.45) is 0 Å². The van der Waals surface area contributed by atoms with Gasteiger partial charge in [-0.3, -0.25) is 9.59 Å². The molecular formula is C18H20N2O2. The molecule has 1 aliphatic heterocycles. The number of hydrogen-bond acceptors (Lipinski definition) is 2. The van der Waals surface area contributed by atoms with E-state index in [2.05, 4.69) is 4.98 Å². The van der Waals surface area contributed by atoms with Crippen LogP contribution in [0.3, 0.4) is 0 Å². The van der Waals surface area contributed by atoms with E-state index in [4.69, 9.17) is 0 Å². The number of aromatic amines is 1. The Balaban J connectivity index is 1.94. The van der Waals surface area contributed by atoms with E-state index in [-0.39, 0.29) is 11.5 Å². The molecule has 2 aromatic rings. The van der Waals surface area contributed by atoms with Gasteiger partial charge in [0.25, 0.3) is 11.5 Å².